The van der Waals surface area contributed by atoms with Crippen LogP contribution >= 0.6 is 22.7 Å². The summed E-state index contributed by atoms with van der Waals surface area (Å²) in [6.45, 7) is 24.3. The van der Waals surface area contributed by atoms with Crippen molar-refractivity contribution in [3.8, 4) is 10.4 Å². The number of benzene rings is 4. The number of fused-ring (bicyclic) bond motifs is 9. The van der Waals surface area contributed by atoms with E-state index in [1.54, 1.807) is 22.7 Å². The average molecular weight is 1320 g/mol. The summed E-state index contributed by atoms with van der Waals surface area (Å²) >= 11 is 3.56. The molecule has 2 amide bonds. The fourth-order valence-corrected chi connectivity index (χ4v) is 17.8. The summed E-state index contributed by atoms with van der Waals surface area (Å²) < 4.78 is 6.88. The predicted molar refractivity (Wildman–Crippen MR) is 416 cm³/mol. The minimum Gasteiger partial charge on any atom is -0.455 e. The number of nitrogens with zero attached hydrogens (tertiary/aromatic N) is 2. The van der Waals surface area contributed by atoms with Crippen LogP contribution < -0.4 is 0 Å². The van der Waals surface area contributed by atoms with Crippen molar-refractivity contribution in [3.63, 3.8) is 0 Å². The number of amides is 2. The van der Waals surface area contributed by atoms with Gasteiger partial charge in [-0.3, -0.25) is 9.59 Å². The molecule has 0 aliphatic carbocycles. The largest absolute Gasteiger partial charge is 0.455 e. The van der Waals surface area contributed by atoms with Gasteiger partial charge in [-0.15, -0.1) is 22.7 Å². The van der Waals surface area contributed by atoms with Crippen LogP contribution in [0.3, 0.4) is 0 Å². The number of rotatable bonds is 45. The van der Waals surface area contributed by atoms with E-state index >= 15 is 9.59 Å². The number of carbonyl (C=O) groups excluding carboxylic acids is 2. The zero-order chi connectivity index (χ0) is 67.2. The number of hydrogen-bond acceptors (Lipinski definition) is 5. The molecule has 2 unspecified atom stereocenters. The summed E-state index contributed by atoms with van der Waals surface area (Å²) in [6.07, 6.45) is 48.6. The summed E-state index contributed by atoms with van der Waals surface area (Å²) in [4.78, 5) is 41.7. The Morgan fingerprint density at radius 1 is 0.379 bits per heavy atom. The fraction of sp³-hybridized carbons (Fsp3) is 0.614. The Kier molecular flexibility index (Phi) is 29.1. The highest BCUT2D eigenvalue weighted by Gasteiger charge is 2.50. The highest BCUT2D eigenvalue weighted by molar-refractivity contribution is 7.16. The Hall–Kier alpha value is -4.98. The van der Waals surface area contributed by atoms with E-state index in [2.05, 4.69) is 164 Å². The monoisotopic (exact) mass is 1320 g/mol. The summed E-state index contributed by atoms with van der Waals surface area (Å²) in [7, 11) is 0. The summed E-state index contributed by atoms with van der Waals surface area (Å²) in [5.41, 5.74) is 7.23. The maximum atomic E-state index is 16.4. The first-order valence-corrected chi connectivity index (χ1v) is 40.9. The third-order valence-electron chi connectivity index (χ3n) is 21.4. The topological polar surface area (TPSA) is 53.8 Å². The standard InChI is InChI=1S/C88H126N2O3S2/c1-11-15-19-23-27-30-32-36-40-44-49-65(48-42-38-34-29-25-21-17-13-3)63-89-82(76-58-57-75(94-76)67-53-55-69-70-56-54-68(87(5,6)7)62-73(70)84-79(72(69)61-67)71-51-45-46-52-74(71)93-84)80-81(86(89)92)83(77-59-60-78(95-77)88(8,9)10)90(85(80)91)64-66(47-41-37-33-26-22-18-14-4)50-43-39-35-31-28-24-20-16-12-2/h45-46,51-62,65-66H,11-44,47-50,63-64H2,1-10H3. The van der Waals surface area contributed by atoms with Crippen LogP contribution in [0.2, 0.25) is 0 Å². The molecule has 2 aliphatic heterocycles. The van der Waals surface area contributed by atoms with Gasteiger partial charge in [0.2, 0.25) is 0 Å². The number of unbranched alkanes of at least 4 members (excludes halogenated alkanes) is 30. The van der Waals surface area contributed by atoms with Crippen LogP contribution in [0.5, 0.6) is 0 Å². The third-order valence-corrected chi connectivity index (χ3v) is 24.1. The minimum absolute atomic E-state index is 0.0140. The normalized spacial score (nSPS) is 14.7. The van der Waals surface area contributed by atoms with Gasteiger partial charge in [0, 0.05) is 39.0 Å². The van der Waals surface area contributed by atoms with Gasteiger partial charge in [0.25, 0.3) is 11.8 Å². The van der Waals surface area contributed by atoms with E-state index in [4.69, 9.17) is 4.42 Å². The van der Waals surface area contributed by atoms with E-state index in [-0.39, 0.29) is 22.6 Å². The molecule has 7 heteroatoms. The van der Waals surface area contributed by atoms with Crippen molar-refractivity contribution in [2.24, 2.45) is 11.8 Å². The molecule has 9 rings (SSSR count). The molecule has 5 heterocycles. The van der Waals surface area contributed by atoms with Gasteiger partial charge in [0.15, 0.2) is 0 Å². The molecule has 0 radical (unpaired) electrons. The number of hydrogen-bond donors (Lipinski definition) is 0. The lowest BCUT2D eigenvalue weighted by Crippen LogP contribution is -2.34. The Balaban J connectivity index is 1.11. The fourth-order valence-electron chi connectivity index (χ4n) is 15.6. The molecular weight excluding hydrogens is 1200 g/mol. The van der Waals surface area contributed by atoms with Gasteiger partial charge in [-0.2, -0.15) is 0 Å². The zero-order valence-corrected chi connectivity index (χ0v) is 63.1. The summed E-state index contributed by atoms with van der Waals surface area (Å²) in [5, 5.41) is 7.02. The quantitative estimate of drug-likeness (QED) is 0.0282. The van der Waals surface area contributed by atoms with Crippen LogP contribution in [0.25, 0.3) is 65.3 Å². The van der Waals surface area contributed by atoms with Crippen molar-refractivity contribution in [3.05, 3.63) is 116 Å². The van der Waals surface area contributed by atoms with Crippen molar-refractivity contribution < 1.29 is 14.0 Å². The Morgan fingerprint density at radius 3 is 1.22 bits per heavy atom. The highest BCUT2D eigenvalue weighted by atomic mass is 32.1. The third kappa shape index (κ3) is 19.9. The Labute approximate surface area is 585 Å². The molecular formula is C88H126N2O3S2. The average Bonchev–Trinajstić information content (AvgIpc) is 1.60. The van der Waals surface area contributed by atoms with Crippen LogP contribution in [-0.2, 0) is 20.4 Å². The number of para-hydroxylation sites is 1. The lowest BCUT2D eigenvalue weighted by molar-refractivity contribution is -0.124. The molecule has 2 aliphatic rings. The highest BCUT2D eigenvalue weighted by Crippen LogP contribution is 2.52. The molecule has 4 aromatic carbocycles. The molecule has 0 saturated carbocycles. The molecule has 3 aromatic heterocycles. The first-order chi connectivity index (χ1) is 46.2. The molecule has 0 N–H and O–H groups in total. The number of furan rings is 1. The van der Waals surface area contributed by atoms with E-state index in [0.29, 0.717) is 36.1 Å². The lowest BCUT2D eigenvalue weighted by Gasteiger charge is -2.29. The van der Waals surface area contributed by atoms with Crippen LogP contribution in [-0.4, -0.2) is 34.7 Å². The maximum Gasteiger partial charge on any atom is 0.261 e. The van der Waals surface area contributed by atoms with Crippen molar-refractivity contribution in [1.29, 1.82) is 0 Å². The van der Waals surface area contributed by atoms with Crippen molar-refractivity contribution in [2.45, 2.75) is 324 Å². The van der Waals surface area contributed by atoms with Crippen LogP contribution in [0.15, 0.2) is 100 Å². The van der Waals surface area contributed by atoms with Crippen LogP contribution in [0.1, 0.15) is 333 Å². The number of thiophene rings is 2. The SMILES string of the molecule is CCCCCCCCCCCCC(CCCCCCCCCC)CN1C(=O)C2=C(c3ccc(C(C)(C)C)s3)N(CC(CCCCCCCCC)CCCCCCCCCCC)C(=O)C2=C1c1ccc(-c2ccc3c4ccc(C(C)(C)C)cc4c4oc5ccccc5c4c3c2)s1. The van der Waals surface area contributed by atoms with Crippen molar-refractivity contribution in [2.75, 3.05) is 13.1 Å². The Morgan fingerprint density at radius 2 is 0.779 bits per heavy atom. The van der Waals surface area contributed by atoms with Gasteiger partial charge >= 0.3 is 0 Å². The summed E-state index contributed by atoms with van der Waals surface area (Å²) in [5.74, 6) is 0.778. The van der Waals surface area contributed by atoms with E-state index in [0.717, 1.165) is 84.6 Å². The van der Waals surface area contributed by atoms with E-state index in [1.807, 2.05) is 0 Å². The maximum absolute atomic E-state index is 16.4. The molecule has 7 aromatic rings. The van der Waals surface area contributed by atoms with Gasteiger partial charge in [0.05, 0.1) is 32.3 Å². The van der Waals surface area contributed by atoms with Gasteiger partial charge in [-0.05, 0) is 118 Å². The molecule has 0 spiro atoms. The lowest BCUT2D eigenvalue weighted by atomic mass is 9.85. The van der Waals surface area contributed by atoms with Crippen LogP contribution in [0, 0.1) is 11.8 Å². The van der Waals surface area contributed by atoms with Gasteiger partial charge < -0.3 is 14.2 Å². The number of carbonyl (C=O) groups is 2. The van der Waals surface area contributed by atoms with Gasteiger partial charge in [0.1, 0.15) is 11.2 Å². The molecule has 0 fully saturated rings. The van der Waals surface area contributed by atoms with Gasteiger partial charge in [-0.25, -0.2) is 0 Å². The molecule has 0 saturated heterocycles. The first kappa shape index (κ1) is 74.2. The minimum atomic E-state index is -0.0698. The van der Waals surface area contributed by atoms with Crippen LogP contribution in [0.4, 0.5) is 0 Å². The molecule has 0 bridgehead atoms. The molecule has 5 nitrogen and oxygen atoms in total. The first-order valence-electron chi connectivity index (χ1n) is 39.3. The predicted octanol–water partition coefficient (Wildman–Crippen LogP) is 28.2. The van der Waals surface area contributed by atoms with Gasteiger partial charge in [-0.1, -0.05) is 330 Å². The smallest absolute Gasteiger partial charge is 0.261 e. The van der Waals surface area contributed by atoms with E-state index in [9.17, 15) is 0 Å². The Bertz CT molecular complexity index is 3590. The van der Waals surface area contributed by atoms with Crippen molar-refractivity contribution in [1.82, 2.24) is 9.80 Å². The second kappa shape index (κ2) is 37.3. The molecule has 2 atom stereocenters. The zero-order valence-electron chi connectivity index (χ0n) is 61.5. The molecule has 518 valence electrons. The molecule has 95 heavy (non-hydrogen) atoms. The van der Waals surface area contributed by atoms with Crippen molar-refractivity contribution >= 4 is 89.4 Å². The second-order valence-electron chi connectivity index (χ2n) is 31.4. The van der Waals surface area contributed by atoms with E-state index < -0.39 is 0 Å². The summed E-state index contributed by atoms with van der Waals surface area (Å²) in [6, 6.07) is 31.6. The van der Waals surface area contributed by atoms with E-state index in [1.165, 1.54) is 245 Å². The second-order valence-corrected chi connectivity index (χ2v) is 33.6.